The van der Waals surface area contributed by atoms with Gasteiger partial charge in [0.25, 0.3) is 0 Å². The molecule has 3 nitrogen and oxygen atoms in total. The van der Waals surface area contributed by atoms with Crippen LogP contribution in [0, 0.1) is 23.2 Å². The average molecular weight is 284 g/mol. The Balaban J connectivity index is 2.57. The lowest BCUT2D eigenvalue weighted by atomic mass is 9.75. The molecule has 0 aliphatic heterocycles. The first-order valence-corrected chi connectivity index (χ1v) is 7.98. The van der Waals surface area contributed by atoms with Crippen molar-refractivity contribution in [2.45, 2.75) is 79.9 Å². The van der Waals surface area contributed by atoms with E-state index in [1.54, 1.807) is 0 Å². The highest BCUT2D eigenvalue weighted by molar-refractivity contribution is 5.60. The van der Waals surface area contributed by atoms with Gasteiger partial charge in [-0.15, -0.1) is 0 Å². The van der Waals surface area contributed by atoms with Crippen LogP contribution in [0.4, 0.5) is 4.79 Å². The summed E-state index contributed by atoms with van der Waals surface area (Å²) in [5.41, 5.74) is -0.0592. The van der Waals surface area contributed by atoms with Gasteiger partial charge in [-0.2, -0.15) is 0 Å². The predicted octanol–water partition coefficient (Wildman–Crippen LogP) is 5.04. The summed E-state index contributed by atoms with van der Waals surface area (Å²) in [6.45, 7) is 14.8. The maximum absolute atomic E-state index is 12.0. The summed E-state index contributed by atoms with van der Waals surface area (Å²) in [6, 6.07) is 0. The molecule has 0 aromatic heterocycles. The highest BCUT2D eigenvalue weighted by Crippen LogP contribution is 2.35. The number of rotatable bonds is 3. The van der Waals surface area contributed by atoms with Gasteiger partial charge in [-0.25, -0.2) is 4.79 Å². The van der Waals surface area contributed by atoms with Gasteiger partial charge in [-0.1, -0.05) is 48.0 Å². The molecule has 1 aliphatic carbocycles. The van der Waals surface area contributed by atoms with Crippen LogP contribution in [-0.4, -0.2) is 18.4 Å². The van der Waals surface area contributed by atoms with Crippen molar-refractivity contribution in [3.05, 3.63) is 0 Å². The van der Waals surface area contributed by atoms with Crippen molar-refractivity contribution in [1.29, 1.82) is 0 Å². The summed E-state index contributed by atoms with van der Waals surface area (Å²) in [4.78, 5) is 12.0. The highest BCUT2D eigenvalue weighted by Gasteiger charge is 2.34. The van der Waals surface area contributed by atoms with Crippen molar-refractivity contribution < 1.29 is 14.3 Å². The molecule has 0 spiro atoms. The Morgan fingerprint density at radius 1 is 1.15 bits per heavy atom. The molecule has 1 rings (SSSR count). The third kappa shape index (κ3) is 4.99. The van der Waals surface area contributed by atoms with Crippen LogP contribution < -0.4 is 0 Å². The lowest BCUT2D eigenvalue weighted by Gasteiger charge is -2.37. The van der Waals surface area contributed by atoms with Crippen LogP contribution in [0.15, 0.2) is 0 Å². The van der Waals surface area contributed by atoms with Gasteiger partial charge in [0.2, 0.25) is 0 Å². The van der Waals surface area contributed by atoms with Crippen molar-refractivity contribution >= 4 is 6.16 Å². The summed E-state index contributed by atoms with van der Waals surface area (Å²) in [5.74, 6) is 1.63. The van der Waals surface area contributed by atoms with E-state index in [1.807, 2.05) is 6.92 Å². The van der Waals surface area contributed by atoms with E-state index < -0.39 is 6.16 Å². The fourth-order valence-corrected chi connectivity index (χ4v) is 2.72. The Bertz CT molecular complexity index is 317. The first-order valence-electron chi connectivity index (χ1n) is 7.98. The summed E-state index contributed by atoms with van der Waals surface area (Å²) in [7, 11) is 0. The van der Waals surface area contributed by atoms with Crippen LogP contribution in [0.1, 0.15) is 67.7 Å². The zero-order valence-corrected chi connectivity index (χ0v) is 14.2. The Hall–Kier alpha value is -0.730. The van der Waals surface area contributed by atoms with Gasteiger partial charge in [0.15, 0.2) is 0 Å². The maximum atomic E-state index is 12.0. The molecule has 0 saturated heterocycles. The molecule has 0 amide bonds. The molecule has 1 fully saturated rings. The van der Waals surface area contributed by atoms with Crippen LogP contribution in [0.5, 0.6) is 0 Å². The molecule has 118 valence electrons. The summed E-state index contributed by atoms with van der Waals surface area (Å²) >= 11 is 0. The molecule has 0 heterocycles. The normalized spacial score (nSPS) is 29.1. The second-order valence-corrected chi connectivity index (χ2v) is 7.86. The van der Waals surface area contributed by atoms with Crippen molar-refractivity contribution in [3.63, 3.8) is 0 Å². The second-order valence-electron chi connectivity index (χ2n) is 7.86. The van der Waals surface area contributed by atoms with E-state index in [0.717, 1.165) is 12.8 Å². The molecule has 3 heteroatoms. The van der Waals surface area contributed by atoms with Gasteiger partial charge in [-0.3, -0.25) is 0 Å². The summed E-state index contributed by atoms with van der Waals surface area (Å²) < 4.78 is 11.1. The monoisotopic (exact) mass is 284 g/mol. The summed E-state index contributed by atoms with van der Waals surface area (Å²) in [6.07, 6.45) is 2.70. The van der Waals surface area contributed by atoms with Crippen molar-refractivity contribution in [3.8, 4) is 0 Å². The molecule has 0 bridgehead atoms. The number of carbonyl (C=O) groups is 1. The van der Waals surface area contributed by atoms with Crippen molar-refractivity contribution in [2.24, 2.45) is 23.2 Å². The Kier molecular flexibility index (Phi) is 5.91. The summed E-state index contributed by atoms with van der Waals surface area (Å²) in [5, 5.41) is 0. The molecule has 1 saturated carbocycles. The molecule has 0 radical (unpaired) electrons. The number of carbonyl (C=O) groups excluding carboxylic acids is 1. The molecule has 1 unspecified atom stereocenters. The first-order chi connectivity index (χ1) is 9.11. The topological polar surface area (TPSA) is 35.5 Å². The van der Waals surface area contributed by atoms with E-state index in [2.05, 4.69) is 41.5 Å². The van der Waals surface area contributed by atoms with Crippen molar-refractivity contribution in [1.82, 2.24) is 0 Å². The van der Waals surface area contributed by atoms with Gasteiger partial charge in [0.05, 0.1) is 0 Å². The number of hydrogen-bond acceptors (Lipinski definition) is 3. The minimum absolute atomic E-state index is 0.0124. The van der Waals surface area contributed by atoms with E-state index in [9.17, 15) is 4.79 Å². The van der Waals surface area contributed by atoms with Crippen LogP contribution in [0.2, 0.25) is 0 Å². The van der Waals surface area contributed by atoms with E-state index in [0.29, 0.717) is 17.8 Å². The molecule has 0 aromatic rings. The van der Waals surface area contributed by atoms with Gasteiger partial charge in [-0.05, 0) is 42.9 Å². The van der Waals surface area contributed by atoms with Crippen LogP contribution in [-0.2, 0) is 9.47 Å². The molecule has 0 N–H and O–H groups in total. The molecule has 20 heavy (non-hydrogen) atoms. The van der Waals surface area contributed by atoms with Gasteiger partial charge < -0.3 is 9.47 Å². The Labute approximate surface area is 124 Å². The number of hydrogen-bond donors (Lipinski definition) is 0. The maximum Gasteiger partial charge on any atom is 0.508 e. The fourth-order valence-electron chi connectivity index (χ4n) is 2.72. The van der Waals surface area contributed by atoms with Crippen LogP contribution in [0.25, 0.3) is 0 Å². The van der Waals surface area contributed by atoms with Crippen molar-refractivity contribution in [2.75, 3.05) is 0 Å². The SMILES string of the molecule is CC(C)[C@@H]1CC[C@@H](C)C[C@H]1OC(=O)OC(C)C(C)(C)C. The Morgan fingerprint density at radius 2 is 1.75 bits per heavy atom. The third-order valence-corrected chi connectivity index (χ3v) is 4.70. The Morgan fingerprint density at radius 3 is 2.25 bits per heavy atom. The quantitative estimate of drug-likeness (QED) is 0.681. The standard InChI is InChI=1S/C17H32O3/c1-11(2)14-9-8-12(3)10-15(14)20-16(18)19-13(4)17(5,6)7/h11-15H,8-10H2,1-7H3/t12-,13?,14+,15-/m1/s1. The minimum Gasteiger partial charge on any atom is -0.431 e. The van der Waals surface area contributed by atoms with E-state index in [-0.39, 0.29) is 17.6 Å². The zero-order valence-electron chi connectivity index (χ0n) is 14.2. The molecular formula is C17H32O3. The highest BCUT2D eigenvalue weighted by atomic mass is 16.7. The van der Waals surface area contributed by atoms with E-state index in [4.69, 9.17) is 9.47 Å². The molecule has 4 atom stereocenters. The molecule has 0 aromatic carbocycles. The predicted molar refractivity (Wildman–Crippen MR) is 81.6 cm³/mol. The third-order valence-electron chi connectivity index (χ3n) is 4.70. The van der Waals surface area contributed by atoms with Gasteiger partial charge in [0, 0.05) is 0 Å². The van der Waals surface area contributed by atoms with Gasteiger partial charge >= 0.3 is 6.16 Å². The van der Waals surface area contributed by atoms with Crippen LogP contribution in [0.3, 0.4) is 0 Å². The smallest absolute Gasteiger partial charge is 0.431 e. The number of ether oxygens (including phenoxy) is 2. The molecular weight excluding hydrogens is 252 g/mol. The fraction of sp³-hybridized carbons (Fsp3) is 0.941. The van der Waals surface area contributed by atoms with Crippen LogP contribution >= 0.6 is 0 Å². The minimum atomic E-state index is -0.503. The molecule has 1 aliphatic rings. The van der Waals surface area contributed by atoms with E-state index in [1.165, 1.54) is 6.42 Å². The average Bonchev–Trinajstić information content (AvgIpc) is 2.26. The first kappa shape index (κ1) is 17.3. The zero-order chi connectivity index (χ0) is 15.5. The lowest BCUT2D eigenvalue weighted by molar-refractivity contribution is -0.0589. The van der Waals surface area contributed by atoms with Gasteiger partial charge in [0.1, 0.15) is 12.2 Å². The largest absolute Gasteiger partial charge is 0.508 e. The lowest BCUT2D eigenvalue weighted by Crippen LogP contribution is -2.37. The van der Waals surface area contributed by atoms with E-state index >= 15 is 0 Å². The second kappa shape index (κ2) is 6.82.